The van der Waals surface area contributed by atoms with Crippen molar-refractivity contribution in [3.05, 3.63) is 12.2 Å². The SMILES string of the molecule is C[C@H]1CC=C[C@H](C)[C@@H](CC(C)(C)C)O1. The first kappa shape index (κ1) is 11.8. The van der Waals surface area contributed by atoms with Crippen molar-refractivity contribution in [3.8, 4) is 0 Å². The second kappa shape index (κ2) is 4.48. The zero-order chi connectivity index (χ0) is 10.8. The number of ether oxygens (including phenoxy) is 1. The Morgan fingerprint density at radius 1 is 1.29 bits per heavy atom. The van der Waals surface area contributed by atoms with Crippen LogP contribution in [0.5, 0.6) is 0 Å². The van der Waals surface area contributed by atoms with Crippen molar-refractivity contribution in [2.45, 2.75) is 59.7 Å². The highest BCUT2D eigenvalue weighted by atomic mass is 16.5. The van der Waals surface area contributed by atoms with Crippen molar-refractivity contribution < 1.29 is 4.74 Å². The number of hydrogen-bond acceptors (Lipinski definition) is 1. The molecule has 82 valence electrons. The summed E-state index contributed by atoms with van der Waals surface area (Å²) in [5.74, 6) is 0.555. The normalized spacial score (nSPS) is 34.2. The van der Waals surface area contributed by atoms with Crippen LogP contribution in [0.1, 0.15) is 47.5 Å². The Hall–Kier alpha value is -0.300. The predicted octanol–water partition coefficient (Wildman–Crippen LogP) is 3.79. The van der Waals surface area contributed by atoms with Gasteiger partial charge in [0.05, 0.1) is 12.2 Å². The highest BCUT2D eigenvalue weighted by molar-refractivity contribution is 4.95. The van der Waals surface area contributed by atoms with Crippen LogP contribution < -0.4 is 0 Å². The average molecular weight is 196 g/mol. The van der Waals surface area contributed by atoms with E-state index in [1.165, 1.54) is 0 Å². The standard InChI is InChI=1S/C13H24O/c1-10-7-6-8-11(2)14-12(10)9-13(3,4)5/h6-7,10-12H,8-9H2,1-5H3/t10-,11-,12+/m0/s1. The zero-order valence-electron chi connectivity index (χ0n) is 10.2. The Morgan fingerprint density at radius 3 is 2.50 bits per heavy atom. The maximum Gasteiger partial charge on any atom is 0.0643 e. The van der Waals surface area contributed by atoms with E-state index >= 15 is 0 Å². The summed E-state index contributed by atoms with van der Waals surface area (Å²) in [5, 5.41) is 0. The molecule has 0 radical (unpaired) electrons. The molecule has 0 fully saturated rings. The molecule has 1 aliphatic heterocycles. The predicted molar refractivity (Wildman–Crippen MR) is 61.3 cm³/mol. The van der Waals surface area contributed by atoms with Crippen LogP contribution in [0.3, 0.4) is 0 Å². The smallest absolute Gasteiger partial charge is 0.0643 e. The lowest BCUT2D eigenvalue weighted by Crippen LogP contribution is -2.28. The summed E-state index contributed by atoms with van der Waals surface area (Å²) >= 11 is 0. The largest absolute Gasteiger partial charge is 0.374 e. The highest BCUT2D eigenvalue weighted by Gasteiger charge is 2.25. The summed E-state index contributed by atoms with van der Waals surface area (Å²) in [6, 6.07) is 0. The lowest BCUT2D eigenvalue weighted by atomic mass is 9.85. The van der Waals surface area contributed by atoms with Crippen LogP contribution in [0, 0.1) is 11.3 Å². The van der Waals surface area contributed by atoms with E-state index in [-0.39, 0.29) is 0 Å². The van der Waals surface area contributed by atoms with Gasteiger partial charge in [0.1, 0.15) is 0 Å². The molecule has 0 saturated heterocycles. The Labute approximate surface area is 88.5 Å². The third-order valence-corrected chi connectivity index (χ3v) is 2.71. The van der Waals surface area contributed by atoms with Gasteiger partial charge in [-0.25, -0.2) is 0 Å². The summed E-state index contributed by atoms with van der Waals surface area (Å²) in [7, 11) is 0. The lowest BCUT2D eigenvalue weighted by Gasteiger charge is -2.30. The van der Waals surface area contributed by atoms with E-state index in [2.05, 4.69) is 46.8 Å². The summed E-state index contributed by atoms with van der Waals surface area (Å²) in [6.45, 7) is 11.3. The molecule has 1 nitrogen and oxygen atoms in total. The molecule has 0 amide bonds. The van der Waals surface area contributed by atoms with Crippen molar-refractivity contribution in [1.29, 1.82) is 0 Å². The molecule has 0 unspecified atom stereocenters. The monoisotopic (exact) mass is 196 g/mol. The molecule has 0 aliphatic carbocycles. The molecule has 0 spiro atoms. The number of hydrogen-bond donors (Lipinski definition) is 0. The second-order valence-electron chi connectivity index (χ2n) is 5.77. The van der Waals surface area contributed by atoms with E-state index in [0.717, 1.165) is 12.8 Å². The maximum absolute atomic E-state index is 6.04. The van der Waals surface area contributed by atoms with Crippen molar-refractivity contribution in [3.63, 3.8) is 0 Å². The first-order chi connectivity index (χ1) is 6.38. The summed E-state index contributed by atoms with van der Waals surface area (Å²) < 4.78 is 6.04. The van der Waals surface area contributed by atoms with Gasteiger partial charge in [0, 0.05) is 5.92 Å². The van der Waals surface area contributed by atoms with Crippen LogP contribution in [0.15, 0.2) is 12.2 Å². The van der Waals surface area contributed by atoms with Crippen LogP contribution in [0.4, 0.5) is 0 Å². The van der Waals surface area contributed by atoms with Crippen LogP contribution in [-0.2, 0) is 4.74 Å². The van der Waals surface area contributed by atoms with Crippen LogP contribution in [0.2, 0.25) is 0 Å². The van der Waals surface area contributed by atoms with Gasteiger partial charge in [0.2, 0.25) is 0 Å². The van der Waals surface area contributed by atoms with E-state index in [4.69, 9.17) is 4.74 Å². The van der Waals surface area contributed by atoms with Gasteiger partial charge in [-0.2, -0.15) is 0 Å². The minimum absolute atomic E-state index is 0.358. The molecular formula is C13H24O. The van der Waals surface area contributed by atoms with Gasteiger partial charge in [-0.3, -0.25) is 0 Å². The van der Waals surface area contributed by atoms with Gasteiger partial charge in [0.25, 0.3) is 0 Å². The van der Waals surface area contributed by atoms with Crippen LogP contribution in [-0.4, -0.2) is 12.2 Å². The van der Waals surface area contributed by atoms with Gasteiger partial charge in [0.15, 0.2) is 0 Å². The summed E-state index contributed by atoms with van der Waals surface area (Å²) in [5.41, 5.74) is 0.358. The zero-order valence-corrected chi connectivity index (χ0v) is 10.2. The molecule has 1 heterocycles. The average Bonchev–Trinajstić information content (AvgIpc) is 2.11. The topological polar surface area (TPSA) is 9.23 Å². The van der Waals surface area contributed by atoms with Crippen LogP contribution >= 0.6 is 0 Å². The Balaban J connectivity index is 2.61. The molecular weight excluding hydrogens is 172 g/mol. The molecule has 0 aromatic carbocycles. The first-order valence-electron chi connectivity index (χ1n) is 5.70. The van der Waals surface area contributed by atoms with Gasteiger partial charge in [-0.1, -0.05) is 39.8 Å². The van der Waals surface area contributed by atoms with Crippen molar-refractivity contribution in [2.75, 3.05) is 0 Å². The highest BCUT2D eigenvalue weighted by Crippen LogP contribution is 2.29. The van der Waals surface area contributed by atoms with Crippen molar-refractivity contribution >= 4 is 0 Å². The van der Waals surface area contributed by atoms with Crippen molar-refractivity contribution in [1.82, 2.24) is 0 Å². The third-order valence-electron chi connectivity index (χ3n) is 2.71. The van der Waals surface area contributed by atoms with Gasteiger partial charge in [-0.05, 0) is 25.2 Å². The molecule has 0 aromatic heterocycles. The first-order valence-corrected chi connectivity index (χ1v) is 5.70. The van der Waals surface area contributed by atoms with E-state index < -0.39 is 0 Å². The second-order valence-corrected chi connectivity index (χ2v) is 5.77. The molecule has 1 rings (SSSR count). The van der Waals surface area contributed by atoms with E-state index in [1.807, 2.05) is 0 Å². The number of rotatable bonds is 1. The van der Waals surface area contributed by atoms with Crippen LogP contribution in [0.25, 0.3) is 0 Å². The molecule has 0 bridgehead atoms. The molecule has 0 aromatic rings. The van der Waals surface area contributed by atoms with Crippen molar-refractivity contribution in [2.24, 2.45) is 11.3 Å². The van der Waals surface area contributed by atoms with E-state index in [1.54, 1.807) is 0 Å². The maximum atomic E-state index is 6.04. The van der Waals surface area contributed by atoms with Gasteiger partial charge >= 0.3 is 0 Å². The fraction of sp³-hybridized carbons (Fsp3) is 0.846. The quantitative estimate of drug-likeness (QED) is 0.580. The molecule has 1 heteroatoms. The van der Waals surface area contributed by atoms with Gasteiger partial charge in [-0.15, -0.1) is 0 Å². The molecule has 1 aliphatic rings. The van der Waals surface area contributed by atoms with Gasteiger partial charge < -0.3 is 4.74 Å². The molecule has 0 saturated carbocycles. The van der Waals surface area contributed by atoms with E-state index in [0.29, 0.717) is 23.5 Å². The lowest BCUT2D eigenvalue weighted by molar-refractivity contribution is -0.0344. The molecule has 14 heavy (non-hydrogen) atoms. The Morgan fingerprint density at radius 2 is 1.93 bits per heavy atom. The molecule has 0 N–H and O–H groups in total. The summed E-state index contributed by atoms with van der Waals surface area (Å²) in [6.07, 6.45) is 7.54. The van der Waals surface area contributed by atoms with E-state index in [9.17, 15) is 0 Å². The fourth-order valence-corrected chi connectivity index (χ4v) is 1.92. The summed E-state index contributed by atoms with van der Waals surface area (Å²) in [4.78, 5) is 0. The molecule has 3 atom stereocenters. The Kier molecular flexibility index (Phi) is 3.77. The minimum atomic E-state index is 0.358. The minimum Gasteiger partial charge on any atom is -0.374 e. The Bertz CT molecular complexity index is 200. The third kappa shape index (κ3) is 3.83. The fourth-order valence-electron chi connectivity index (χ4n) is 1.92.